The summed E-state index contributed by atoms with van der Waals surface area (Å²) in [6.07, 6.45) is 0.876. The lowest BCUT2D eigenvalue weighted by Gasteiger charge is -2.11. The summed E-state index contributed by atoms with van der Waals surface area (Å²) >= 11 is 1.35. The molecule has 5 nitrogen and oxygen atoms in total. The van der Waals surface area contributed by atoms with E-state index in [1.54, 1.807) is 14.0 Å². The minimum absolute atomic E-state index is 0.0495. The number of ether oxygens (including phenoxy) is 1. The molecular formula is C10H19NO4S. The molecule has 0 saturated heterocycles. The predicted molar refractivity (Wildman–Crippen MR) is 63.7 cm³/mol. The van der Waals surface area contributed by atoms with E-state index in [2.05, 4.69) is 5.32 Å². The molecule has 94 valence electrons. The van der Waals surface area contributed by atoms with Gasteiger partial charge in [-0.2, -0.15) is 0 Å². The summed E-state index contributed by atoms with van der Waals surface area (Å²) in [4.78, 5) is 21.7. The van der Waals surface area contributed by atoms with E-state index in [4.69, 9.17) is 9.84 Å². The second kappa shape index (κ2) is 9.47. The van der Waals surface area contributed by atoms with Crippen molar-refractivity contribution >= 4 is 23.6 Å². The molecule has 0 rings (SSSR count). The van der Waals surface area contributed by atoms with Gasteiger partial charge in [0.25, 0.3) is 0 Å². The van der Waals surface area contributed by atoms with Crippen LogP contribution >= 0.6 is 11.8 Å². The number of carboxylic acids is 1. The first-order valence-corrected chi connectivity index (χ1v) is 6.23. The smallest absolute Gasteiger partial charge is 0.304 e. The van der Waals surface area contributed by atoms with Gasteiger partial charge < -0.3 is 15.2 Å². The topological polar surface area (TPSA) is 75.6 Å². The van der Waals surface area contributed by atoms with Crippen LogP contribution in [0.3, 0.4) is 0 Å². The number of carbonyl (C=O) groups is 2. The lowest BCUT2D eigenvalue weighted by atomic mass is 10.4. The van der Waals surface area contributed by atoms with E-state index < -0.39 is 5.97 Å². The average Bonchev–Trinajstić information content (AvgIpc) is 2.23. The molecule has 6 heteroatoms. The Morgan fingerprint density at radius 3 is 2.75 bits per heavy atom. The molecule has 0 aromatic heterocycles. The van der Waals surface area contributed by atoms with E-state index in [1.165, 1.54) is 11.8 Å². The van der Waals surface area contributed by atoms with E-state index in [0.717, 1.165) is 6.42 Å². The second-order valence-corrected chi connectivity index (χ2v) is 4.74. The molecule has 0 saturated carbocycles. The molecule has 1 amide bonds. The van der Waals surface area contributed by atoms with Crippen molar-refractivity contribution in [2.45, 2.75) is 25.0 Å². The van der Waals surface area contributed by atoms with Crippen LogP contribution in [0.15, 0.2) is 0 Å². The summed E-state index contributed by atoms with van der Waals surface area (Å²) in [5, 5.41) is 11.0. The number of hydrogen-bond acceptors (Lipinski definition) is 4. The number of rotatable bonds is 9. The van der Waals surface area contributed by atoms with Crippen LogP contribution in [0.1, 0.15) is 19.8 Å². The molecule has 0 aliphatic carbocycles. The number of thioether (sulfide) groups is 1. The molecule has 0 spiro atoms. The minimum atomic E-state index is -0.833. The van der Waals surface area contributed by atoms with Gasteiger partial charge >= 0.3 is 5.97 Å². The Kier molecular flexibility index (Phi) is 9.03. The van der Waals surface area contributed by atoms with Crippen LogP contribution in [0.5, 0.6) is 0 Å². The van der Waals surface area contributed by atoms with Crippen molar-refractivity contribution in [3.05, 3.63) is 0 Å². The quantitative estimate of drug-likeness (QED) is 0.589. The number of methoxy groups -OCH3 is 1. The number of hydrogen-bond donors (Lipinski definition) is 2. The van der Waals surface area contributed by atoms with Crippen LogP contribution < -0.4 is 5.32 Å². The third-order valence-electron chi connectivity index (χ3n) is 1.88. The largest absolute Gasteiger partial charge is 0.481 e. The van der Waals surface area contributed by atoms with Gasteiger partial charge in [-0.15, -0.1) is 11.8 Å². The molecule has 0 radical (unpaired) electrons. The average molecular weight is 249 g/mol. The van der Waals surface area contributed by atoms with Gasteiger partial charge in [-0.25, -0.2) is 0 Å². The Labute approximate surface area is 99.9 Å². The zero-order valence-electron chi connectivity index (χ0n) is 9.69. The molecule has 0 aromatic carbocycles. The summed E-state index contributed by atoms with van der Waals surface area (Å²) < 4.78 is 4.85. The van der Waals surface area contributed by atoms with Crippen molar-refractivity contribution in [1.29, 1.82) is 0 Å². The lowest BCUT2D eigenvalue weighted by molar-refractivity contribution is -0.136. The first-order chi connectivity index (χ1) is 7.57. The third kappa shape index (κ3) is 8.55. The summed E-state index contributed by atoms with van der Waals surface area (Å²) in [6, 6.07) is 0. The maximum absolute atomic E-state index is 11.5. The van der Waals surface area contributed by atoms with Crippen LogP contribution in [0.25, 0.3) is 0 Å². The monoisotopic (exact) mass is 249 g/mol. The Bertz CT molecular complexity index is 223. The zero-order valence-corrected chi connectivity index (χ0v) is 10.5. The molecule has 0 fully saturated rings. The standard InChI is InChI=1S/C10H19NO4S/c1-8(16-7-4-9(12)13)10(14)11-5-3-6-15-2/h8H,3-7H2,1-2H3,(H,11,14)(H,12,13). The van der Waals surface area contributed by atoms with Crippen LogP contribution in [-0.4, -0.2) is 48.2 Å². The summed E-state index contributed by atoms with van der Waals surface area (Å²) in [7, 11) is 1.62. The van der Waals surface area contributed by atoms with Gasteiger partial charge in [0.1, 0.15) is 0 Å². The molecule has 1 atom stereocenters. The van der Waals surface area contributed by atoms with Crippen LogP contribution in [0, 0.1) is 0 Å². The van der Waals surface area contributed by atoms with Crippen molar-refractivity contribution in [1.82, 2.24) is 5.32 Å². The highest BCUT2D eigenvalue weighted by Crippen LogP contribution is 2.11. The maximum atomic E-state index is 11.5. The fourth-order valence-electron chi connectivity index (χ4n) is 0.971. The Morgan fingerprint density at radius 1 is 1.50 bits per heavy atom. The Hall–Kier alpha value is -0.750. The molecule has 2 N–H and O–H groups in total. The summed E-state index contributed by atoms with van der Waals surface area (Å²) in [6.45, 7) is 3.00. The van der Waals surface area contributed by atoms with Crippen molar-refractivity contribution < 1.29 is 19.4 Å². The van der Waals surface area contributed by atoms with E-state index in [1.807, 2.05) is 0 Å². The molecule has 0 heterocycles. The number of nitrogens with one attached hydrogen (secondary N) is 1. The van der Waals surface area contributed by atoms with Gasteiger partial charge in [0.05, 0.1) is 11.7 Å². The Balaban J connectivity index is 3.53. The van der Waals surface area contributed by atoms with Crippen LogP contribution in [-0.2, 0) is 14.3 Å². The van der Waals surface area contributed by atoms with Crippen molar-refractivity contribution in [2.75, 3.05) is 26.0 Å². The minimum Gasteiger partial charge on any atom is -0.481 e. The first-order valence-electron chi connectivity index (χ1n) is 5.18. The third-order valence-corrected chi connectivity index (χ3v) is 3.03. The van der Waals surface area contributed by atoms with Gasteiger partial charge in [0, 0.05) is 26.0 Å². The maximum Gasteiger partial charge on any atom is 0.304 e. The Morgan fingerprint density at radius 2 is 2.19 bits per heavy atom. The molecule has 0 aromatic rings. The zero-order chi connectivity index (χ0) is 12.4. The van der Waals surface area contributed by atoms with E-state index >= 15 is 0 Å². The number of carboxylic acid groups (broad SMARTS) is 1. The molecule has 1 unspecified atom stereocenters. The molecule has 0 bridgehead atoms. The summed E-state index contributed by atoms with van der Waals surface area (Å²) in [5.74, 6) is -0.422. The highest BCUT2D eigenvalue weighted by Gasteiger charge is 2.12. The molecular weight excluding hydrogens is 230 g/mol. The SMILES string of the molecule is COCCCNC(=O)C(C)SCCC(=O)O. The van der Waals surface area contributed by atoms with E-state index in [0.29, 0.717) is 18.9 Å². The molecule has 0 aliphatic heterocycles. The fraction of sp³-hybridized carbons (Fsp3) is 0.800. The number of aliphatic carboxylic acids is 1. The van der Waals surface area contributed by atoms with Gasteiger partial charge in [-0.1, -0.05) is 0 Å². The fourth-order valence-corrected chi connectivity index (χ4v) is 1.85. The highest BCUT2D eigenvalue weighted by molar-refractivity contribution is 8.00. The highest BCUT2D eigenvalue weighted by atomic mass is 32.2. The predicted octanol–water partition coefficient (Wildman–Crippen LogP) is 0.735. The van der Waals surface area contributed by atoms with Crippen molar-refractivity contribution in [3.63, 3.8) is 0 Å². The summed E-state index contributed by atoms with van der Waals surface area (Å²) in [5.41, 5.74) is 0. The van der Waals surface area contributed by atoms with Gasteiger partial charge in [-0.05, 0) is 13.3 Å². The molecule has 0 aliphatic rings. The van der Waals surface area contributed by atoms with Crippen molar-refractivity contribution in [2.24, 2.45) is 0 Å². The van der Waals surface area contributed by atoms with E-state index in [-0.39, 0.29) is 17.6 Å². The van der Waals surface area contributed by atoms with Gasteiger partial charge in [0.2, 0.25) is 5.91 Å². The van der Waals surface area contributed by atoms with Gasteiger partial charge in [0.15, 0.2) is 0 Å². The normalized spacial score (nSPS) is 12.1. The number of carbonyl (C=O) groups excluding carboxylic acids is 1. The van der Waals surface area contributed by atoms with Crippen molar-refractivity contribution in [3.8, 4) is 0 Å². The molecule has 16 heavy (non-hydrogen) atoms. The van der Waals surface area contributed by atoms with E-state index in [9.17, 15) is 9.59 Å². The van der Waals surface area contributed by atoms with Gasteiger partial charge in [-0.3, -0.25) is 9.59 Å². The van der Waals surface area contributed by atoms with Crippen LogP contribution in [0.4, 0.5) is 0 Å². The van der Waals surface area contributed by atoms with Crippen LogP contribution in [0.2, 0.25) is 0 Å². The second-order valence-electron chi connectivity index (χ2n) is 3.29. The first kappa shape index (κ1) is 15.2. The lowest BCUT2D eigenvalue weighted by Crippen LogP contribution is -2.32. The number of amides is 1.